The van der Waals surface area contributed by atoms with Crippen LogP contribution in [0.3, 0.4) is 0 Å². The maximum atomic E-state index is 11.3. The molecule has 100 valence electrons. The number of rotatable bonds is 5. The van der Waals surface area contributed by atoms with Gasteiger partial charge in [-0.25, -0.2) is 4.79 Å². The third kappa shape index (κ3) is 2.38. The zero-order valence-electron chi connectivity index (χ0n) is 10.7. The predicted octanol–water partition coefficient (Wildman–Crippen LogP) is 0.936. The Kier molecular flexibility index (Phi) is 3.65. The second-order valence-corrected chi connectivity index (χ2v) is 5.06. The van der Waals surface area contributed by atoms with Crippen molar-refractivity contribution in [3.8, 4) is 0 Å². The van der Waals surface area contributed by atoms with E-state index in [4.69, 9.17) is 0 Å². The number of aliphatic hydroxyl groups excluding tert-OH is 1. The van der Waals surface area contributed by atoms with E-state index in [0.29, 0.717) is 17.6 Å². The molecule has 1 saturated carbocycles. The highest BCUT2D eigenvalue weighted by Crippen LogP contribution is 2.30. The first-order valence-corrected chi connectivity index (χ1v) is 6.32. The van der Waals surface area contributed by atoms with Gasteiger partial charge < -0.3 is 10.2 Å². The van der Waals surface area contributed by atoms with Gasteiger partial charge in [0, 0.05) is 6.42 Å². The van der Waals surface area contributed by atoms with Crippen LogP contribution in [0.5, 0.6) is 0 Å². The Balaban J connectivity index is 2.28. The normalized spacial score (nSPS) is 19.3. The number of nitrogens with zero attached hydrogens (tertiary/aromatic N) is 3. The Morgan fingerprint density at radius 1 is 1.50 bits per heavy atom. The van der Waals surface area contributed by atoms with Crippen molar-refractivity contribution < 1.29 is 15.0 Å². The molecule has 2 atom stereocenters. The van der Waals surface area contributed by atoms with Crippen molar-refractivity contribution in [2.75, 3.05) is 0 Å². The molecule has 2 N–H and O–H groups in total. The van der Waals surface area contributed by atoms with Crippen LogP contribution in [0.4, 0.5) is 0 Å². The number of aliphatic carboxylic acids is 1. The van der Waals surface area contributed by atoms with Crippen molar-refractivity contribution in [3.63, 3.8) is 0 Å². The number of carbonyl (C=O) groups is 1. The summed E-state index contributed by atoms with van der Waals surface area (Å²) in [6, 6.07) is -1.00. The molecular formula is C12H19N3O3. The average Bonchev–Trinajstić information content (AvgIpc) is 2.54. The Morgan fingerprint density at radius 2 is 2.17 bits per heavy atom. The molecule has 1 aromatic rings. The molecule has 6 nitrogen and oxygen atoms in total. The number of hydrogen-bond donors (Lipinski definition) is 2. The molecule has 0 amide bonds. The first-order valence-electron chi connectivity index (χ1n) is 6.32. The highest BCUT2D eigenvalue weighted by atomic mass is 16.4. The summed E-state index contributed by atoms with van der Waals surface area (Å²) in [6.45, 7) is 3.20. The Labute approximate surface area is 106 Å². The molecule has 1 fully saturated rings. The SMILES string of the molecule is Cc1nnc(CC2CCC2)n1C(C(=O)O)C(C)O. The standard InChI is InChI=1S/C12H19N3O3/c1-7(16)11(12(17)18)15-8(2)13-14-10(15)6-9-4-3-5-9/h7,9,11,16H,3-6H2,1-2H3,(H,17,18). The van der Waals surface area contributed by atoms with Gasteiger partial charge in [-0.1, -0.05) is 19.3 Å². The van der Waals surface area contributed by atoms with Gasteiger partial charge in [0.25, 0.3) is 0 Å². The van der Waals surface area contributed by atoms with E-state index in [1.54, 1.807) is 11.5 Å². The number of hydrogen-bond acceptors (Lipinski definition) is 4. The summed E-state index contributed by atoms with van der Waals surface area (Å²) < 4.78 is 1.56. The molecular weight excluding hydrogens is 234 g/mol. The summed E-state index contributed by atoms with van der Waals surface area (Å²) in [4.78, 5) is 11.3. The first kappa shape index (κ1) is 13.0. The van der Waals surface area contributed by atoms with Crippen LogP contribution in [-0.4, -0.2) is 37.1 Å². The summed E-state index contributed by atoms with van der Waals surface area (Å²) in [5.74, 6) is 0.738. The van der Waals surface area contributed by atoms with Crippen molar-refractivity contribution in [2.24, 2.45) is 5.92 Å². The molecule has 1 heterocycles. The van der Waals surface area contributed by atoms with Gasteiger partial charge in [0.15, 0.2) is 6.04 Å². The van der Waals surface area contributed by atoms with Crippen LogP contribution in [0.25, 0.3) is 0 Å². The lowest BCUT2D eigenvalue weighted by molar-refractivity contribution is -0.144. The minimum Gasteiger partial charge on any atom is -0.480 e. The van der Waals surface area contributed by atoms with E-state index < -0.39 is 18.1 Å². The molecule has 2 rings (SSSR count). The molecule has 1 aromatic heterocycles. The summed E-state index contributed by atoms with van der Waals surface area (Å²) in [5, 5.41) is 26.9. The maximum absolute atomic E-state index is 11.3. The number of aromatic nitrogens is 3. The van der Waals surface area contributed by atoms with Gasteiger partial charge in [0.05, 0.1) is 6.10 Å². The first-order chi connectivity index (χ1) is 8.50. The highest BCUT2D eigenvalue weighted by Gasteiger charge is 2.31. The second kappa shape index (κ2) is 5.06. The lowest BCUT2D eigenvalue weighted by Gasteiger charge is -2.26. The number of carboxylic acid groups (broad SMARTS) is 1. The van der Waals surface area contributed by atoms with Crippen LogP contribution in [0.15, 0.2) is 0 Å². The molecule has 1 aliphatic rings. The van der Waals surface area contributed by atoms with Gasteiger partial charge in [-0.2, -0.15) is 0 Å². The zero-order valence-corrected chi connectivity index (χ0v) is 10.7. The van der Waals surface area contributed by atoms with E-state index in [2.05, 4.69) is 10.2 Å². The molecule has 18 heavy (non-hydrogen) atoms. The topological polar surface area (TPSA) is 88.2 Å². The highest BCUT2D eigenvalue weighted by molar-refractivity contribution is 5.72. The second-order valence-electron chi connectivity index (χ2n) is 5.06. The Bertz CT molecular complexity index is 438. The molecule has 6 heteroatoms. The summed E-state index contributed by atoms with van der Waals surface area (Å²) in [6.07, 6.45) is 3.34. The van der Waals surface area contributed by atoms with Crippen LogP contribution in [0, 0.1) is 12.8 Å². The van der Waals surface area contributed by atoms with Crippen LogP contribution in [0.1, 0.15) is 43.9 Å². The monoisotopic (exact) mass is 253 g/mol. The van der Waals surface area contributed by atoms with E-state index in [1.807, 2.05) is 0 Å². The van der Waals surface area contributed by atoms with Gasteiger partial charge >= 0.3 is 5.97 Å². The molecule has 0 aromatic carbocycles. The fourth-order valence-electron chi connectivity index (χ4n) is 2.40. The number of carboxylic acids is 1. The van der Waals surface area contributed by atoms with Gasteiger partial charge in [-0.05, 0) is 19.8 Å². The fraction of sp³-hybridized carbons (Fsp3) is 0.750. The van der Waals surface area contributed by atoms with E-state index in [-0.39, 0.29) is 0 Å². The third-order valence-corrected chi connectivity index (χ3v) is 3.62. The predicted molar refractivity (Wildman–Crippen MR) is 64.2 cm³/mol. The minimum absolute atomic E-state index is 0.539. The summed E-state index contributed by atoms with van der Waals surface area (Å²) >= 11 is 0. The lowest BCUT2D eigenvalue weighted by Crippen LogP contribution is -2.32. The lowest BCUT2D eigenvalue weighted by atomic mass is 9.83. The van der Waals surface area contributed by atoms with Gasteiger partial charge in [-0.3, -0.25) is 4.57 Å². The van der Waals surface area contributed by atoms with Crippen molar-refractivity contribution in [2.45, 2.75) is 51.7 Å². The molecule has 0 saturated heterocycles. The van der Waals surface area contributed by atoms with Gasteiger partial charge in [0.1, 0.15) is 11.6 Å². The van der Waals surface area contributed by atoms with E-state index in [1.165, 1.54) is 26.2 Å². The van der Waals surface area contributed by atoms with Crippen LogP contribution >= 0.6 is 0 Å². The minimum atomic E-state index is -1.05. The molecule has 0 aliphatic heterocycles. The van der Waals surface area contributed by atoms with Crippen molar-refractivity contribution in [3.05, 3.63) is 11.6 Å². The van der Waals surface area contributed by atoms with Gasteiger partial charge in [-0.15, -0.1) is 10.2 Å². The molecule has 0 bridgehead atoms. The Hall–Kier alpha value is -1.43. The molecule has 1 aliphatic carbocycles. The van der Waals surface area contributed by atoms with E-state index in [0.717, 1.165) is 6.42 Å². The van der Waals surface area contributed by atoms with Crippen molar-refractivity contribution >= 4 is 5.97 Å². The summed E-state index contributed by atoms with van der Waals surface area (Å²) in [7, 11) is 0. The van der Waals surface area contributed by atoms with Crippen molar-refractivity contribution in [1.82, 2.24) is 14.8 Å². The number of aliphatic hydroxyl groups is 1. The van der Waals surface area contributed by atoms with Crippen LogP contribution in [-0.2, 0) is 11.2 Å². The fourth-order valence-corrected chi connectivity index (χ4v) is 2.40. The Morgan fingerprint density at radius 3 is 2.61 bits per heavy atom. The maximum Gasteiger partial charge on any atom is 0.329 e. The van der Waals surface area contributed by atoms with Crippen LogP contribution in [0.2, 0.25) is 0 Å². The number of aryl methyl sites for hydroxylation is 1. The summed E-state index contributed by atoms with van der Waals surface area (Å²) in [5.41, 5.74) is 0. The van der Waals surface area contributed by atoms with Crippen molar-refractivity contribution in [1.29, 1.82) is 0 Å². The molecule has 2 unspecified atom stereocenters. The largest absolute Gasteiger partial charge is 0.480 e. The van der Waals surface area contributed by atoms with E-state index >= 15 is 0 Å². The molecule has 0 radical (unpaired) electrons. The van der Waals surface area contributed by atoms with Gasteiger partial charge in [0.2, 0.25) is 0 Å². The quantitative estimate of drug-likeness (QED) is 0.815. The zero-order chi connectivity index (χ0) is 13.3. The average molecular weight is 253 g/mol. The van der Waals surface area contributed by atoms with Crippen LogP contribution < -0.4 is 0 Å². The third-order valence-electron chi connectivity index (χ3n) is 3.62. The smallest absolute Gasteiger partial charge is 0.329 e. The molecule has 0 spiro atoms. The van der Waals surface area contributed by atoms with E-state index in [9.17, 15) is 15.0 Å².